The van der Waals surface area contributed by atoms with Gasteiger partial charge in [0, 0.05) is 33.9 Å². The summed E-state index contributed by atoms with van der Waals surface area (Å²) in [6.45, 7) is 0. The molecular formula is C21H17F3N4O2. The Morgan fingerprint density at radius 1 is 0.733 bits per heavy atom. The van der Waals surface area contributed by atoms with Crippen LogP contribution < -0.4 is 22.1 Å². The number of carbonyl (C=O) groups excluding carboxylic acids is 2. The van der Waals surface area contributed by atoms with Gasteiger partial charge in [0.05, 0.1) is 5.56 Å². The van der Waals surface area contributed by atoms with Crippen LogP contribution in [0.25, 0.3) is 0 Å². The molecule has 0 aromatic heterocycles. The number of nitrogens with one attached hydrogen (secondary N) is 2. The third-order valence-corrected chi connectivity index (χ3v) is 4.15. The molecule has 2 amide bonds. The van der Waals surface area contributed by atoms with Gasteiger partial charge in [0.1, 0.15) is 0 Å². The molecule has 0 heterocycles. The number of benzene rings is 3. The summed E-state index contributed by atoms with van der Waals surface area (Å²) in [5.74, 6) is -1.15. The first-order valence-corrected chi connectivity index (χ1v) is 8.68. The van der Waals surface area contributed by atoms with Crippen LogP contribution in [0.15, 0.2) is 66.7 Å². The van der Waals surface area contributed by atoms with Crippen molar-refractivity contribution < 1.29 is 22.8 Å². The number of rotatable bonds is 4. The predicted molar refractivity (Wildman–Crippen MR) is 109 cm³/mol. The molecule has 154 valence electrons. The molecule has 3 rings (SSSR count). The molecule has 0 saturated heterocycles. The minimum absolute atomic E-state index is 0.203. The molecule has 0 radical (unpaired) electrons. The van der Waals surface area contributed by atoms with Crippen molar-refractivity contribution in [3.63, 3.8) is 0 Å². The lowest BCUT2D eigenvalue weighted by Crippen LogP contribution is -2.16. The second-order valence-electron chi connectivity index (χ2n) is 6.41. The maximum Gasteiger partial charge on any atom is 0.418 e. The van der Waals surface area contributed by atoms with E-state index in [0.29, 0.717) is 23.0 Å². The van der Waals surface area contributed by atoms with Crippen LogP contribution in [0.5, 0.6) is 0 Å². The molecular weight excluding hydrogens is 397 g/mol. The largest absolute Gasteiger partial charge is 0.418 e. The van der Waals surface area contributed by atoms with Gasteiger partial charge in [0.2, 0.25) is 0 Å². The fraction of sp³-hybridized carbons (Fsp3) is 0.0476. The van der Waals surface area contributed by atoms with Gasteiger partial charge in [-0.3, -0.25) is 9.59 Å². The van der Waals surface area contributed by atoms with E-state index in [1.165, 1.54) is 24.3 Å². The number of alkyl halides is 3. The zero-order valence-corrected chi connectivity index (χ0v) is 15.5. The summed E-state index contributed by atoms with van der Waals surface area (Å²) in [7, 11) is 0. The van der Waals surface area contributed by atoms with Gasteiger partial charge in [-0.05, 0) is 54.6 Å². The highest BCUT2D eigenvalue weighted by Gasteiger charge is 2.33. The third-order valence-electron chi connectivity index (χ3n) is 4.15. The standard InChI is InChI=1S/C21H17F3N4O2/c22-21(23,24)17-10-13(7-8-18(17)26)20(30)28-16-6-2-5-15(11-16)27-19(29)12-3-1-4-14(25)9-12/h1-11H,25-26H2,(H,27,29)(H,28,30). The van der Waals surface area contributed by atoms with Gasteiger partial charge < -0.3 is 22.1 Å². The van der Waals surface area contributed by atoms with Gasteiger partial charge in [0.15, 0.2) is 0 Å². The third kappa shape index (κ3) is 4.88. The predicted octanol–water partition coefficient (Wildman–Crippen LogP) is 4.37. The zero-order chi connectivity index (χ0) is 21.9. The molecule has 30 heavy (non-hydrogen) atoms. The van der Waals surface area contributed by atoms with E-state index in [0.717, 1.165) is 6.07 Å². The molecule has 3 aromatic rings. The van der Waals surface area contributed by atoms with Crippen molar-refractivity contribution in [1.29, 1.82) is 0 Å². The van der Waals surface area contributed by atoms with Crippen molar-refractivity contribution in [2.75, 3.05) is 22.1 Å². The SMILES string of the molecule is Nc1cccc(C(=O)Nc2cccc(NC(=O)c3ccc(N)c(C(F)(F)F)c3)c2)c1. The highest BCUT2D eigenvalue weighted by molar-refractivity contribution is 6.06. The van der Waals surface area contributed by atoms with Gasteiger partial charge in [-0.2, -0.15) is 13.2 Å². The molecule has 0 fully saturated rings. The second kappa shape index (κ2) is 8.16. The van der Waals surface area contributed by atoms with Crippen molar-refractivity contribution in [2.45, 2.75) is 6.18 Å². The Morgan fingerprint density at radius 2 is 1.30 bits per heavy atom. The van der Waals surface area contributed by atoms with Crippen LogP contribution in [-0.4, -0.2) is 11.8 Å². The zero-order valence-electron chi connectivity index (χ0n) is 15.5. The molecule has 3 aromatic carbocycles. The van der Waals surface area contributed by atoms with Crippen molar-refractivity contribution in [2.24, 2.45) is 0 Å². The van der Waals surface area contributed by atoms with E-state index in [-0.39, 0.29) is 11.3 Å². The Kier molecular flexibility index (Phi) is 5.63. The highest BCUT2D eigenvalue weighted by Crippen LogP contribution is 2.34. The number of amides is 2. The van der Waals surface area contributed by atoms with Crippen LogP contribution in [0.4, 0.5) is 35.9 Å². The van der Waals surface area contributed by atoms with E-state index in [4.69, 9.17) is 11.5 Å². The summed E-state index contributed by atoms with van der Waals surface area (Å²) in [6, 6.07) is 15.5. The molecule has 0 bridgehead atoms. The first kappa shape index (κ1) is 20.7. The quantitative estimate of drug-likeness (QED) is 0.475. The van der Waals surface area contributed by atoms with Gasteiger partial charge in [-0.15, -0.1) is 0 Å². The van der Waals surface area contributed by atoms with Crippen molar-refractivity contribution >= 4 is 34.6 Å². The molecule has 9 heteroatoms. The lowest BCUT2D eigenvalue weighted by molar-refractivity contribution is -0.136. The number of anilines is 4. The Balaban J connectivity index is 1.75. The maximum absolute atomic E-state index is 13.0. The number of hydrogen-bond acceptors (Lipinski definition) is 4. The van der Waals surface area contributed by atoms with Gasteiger partial charge in [0.25, 0.3) is 11.8 Å². The average molecular weight is 414 g/mol. The van der Waals surface area contributed by atoms with Crippen LogP contribution in [-0.2, 0) is 6.18 Å². The summed E-state index contributed by atoms with van der Waals surface area (Å²) < 4.78 is 39.0. The molecule has 0 aliphatic heterocycles. The van der Waals surface area contributed by atoms with Crippen LogP contribution in [0.3, 0.4) is 0 Å². The summed E-state index contributed by atoms with van der Waals surface area (Å²) in [6.07, 6.45) is -4.68. The highest BCUT2D eigenvalue weighted by atomic mass is 19.4. The van der Waals surface area contributed by atoms with E-state index in [1.807, 2.05) is 0 Å². The molecule has 0 aliphatic rings. The molecule has 0 spiro atoms. The molecule has 0 unspecified atom stereocenters. The summed E-state index contributed by atoms with van der Waals surface area (Å²) >= 11 is 0. The van der Waals surface area contributed by atoms with Crippen LogP contribution in [0.2, 0.25) is 0 Å². The number of carbonyl (C=O) groups is 2. The number of nitrogens with two attached hydrogens (primary N) is 2. The minimum atomic E-state index is -4.68. The monoisotopic (exact) mass is 414 g/mol. The molecule has 0 atom stereocenters. The summed E-state index contributed by atoms with van der Waals surface area (Å²) in [5, 5.41) is 5.16. The minimum Gasteiger partial charge on any atom is -0.399 e. The number of hydrogen-bond donors (Lipinski definition) is 4. The Hall–Kier alpha value is -4.01. The Morgan fingerprint density at radius 3 is 1.87 bits per heavy atom. The lowest BCUT2D eigenvalue weighted by atomic mass is 10.1. The fourth-order valence-corrected chi connectivity index (χ4v) is 2.70. The molecule has 6 nitrogen and oxygen atoms in total. The topological polar surface area (TPSA) is 110 Å². The van der Waals surface area contributed by atoms with E-state index >= 15 is 0 Å². The Labute approximate surface area is 169 Å². The van der Waals surface area contributed by atoms with E-state index in [1.54, 1.807) is 30.3 Å². The Bertz CT molecular complexity index is 1110. The van der Waals surface area contributed by atoms with E-state index < -0.39 is 29.2 Å². The number of nitrogen functional groups attached to an aromatic ring is 2. The van der Waals surface area contributed by atoms with Gasteiger partial charge in [-0.1, -0.05) is 12.1 Å². The van der Waals surface area contributed by atoms with E-state index in [2.05, 4.69) is 10.6 Å². The molecule has 0 saturated carbocycles. The first-order valence-electron chi connectivity index (χ1n) is 8.68. The van der Waals surface area contributed by atoms with Crippen LogP contribution in [0, 0.1) is 0 Å². The summed E-state index contributed by atoms with van der Waals surface area (Å²) in [4.78, 5) is 24.7. The van der Waals surface area contributed by atoms with Crippen LogP contribution in [0.1, 0.15) is 26.3 Å². The van der Waals surface area contributed by atoms with E-state index in [9.17, 15) is 22.8 Å². The molecule has 0 aliphatic carbocycles. The fourth-order valence-electron chi connectivity index (χ4n) is 2.70. The van der Waals surface area contributed by atoms with Gasteiger partial charge in [-0.25, -0.2) is 0 Å². The van der Waals surface area contributed by atoms with Crippen LogP contribution >= 0.6 is 0 Å². The first-order chi connectivity index (χ1) is 14.1. The number of halogens is 3. The summed E-state index contributed by atoms with van der Waals surface area (Å²) in [5.41, 5.74) is 10.7. The second-order valence-corrected chi connectivity index (χ2v) is 6.41. The lowest BCUT2D eigenvalue weighted by Gasteiger charge is -2.12. The van der Waals surface area contributed by atoms with Crippen molar-refractivity contribution in [1.82, 2.24) is 0 Å². The normalized spacial score (nSPS) is 11.0. The van der Waals surface area contributed by atoms with Crippen molar-refractivity contribution in [3.05, 3.63) is 83.4 Å². The smallest absolute Gasteiger partial charge is 0.399 e. The van der Waals surface area contributed by atoms with Crippen molar-refractivity contribution in [3.8, 4) is 0 Å². The van der Waals surface area contributed by atoms with Gasteiger partial charge >= 0.3 is 6.18 Å². The molecule has 6 N–H and O–H groups in total. The average Bonchev–Trinajstić information content (AvgIpc) is 2.67. The maximum atomic E-state index is 13.0.